The fourth-order valence-corrected chi connectivity index (χ4v) is 2.85. The zero-order valence-electron chi connectivity index (χ0n) is 10.9. The molecule has 0 spiro atoms. The zero-order chi connectivity index (χ0) is 13.8. The molecule has 0 heterocycles. The quantitative estimate of drug-likeness (QED) is 0.780. The van der Waals surface area contributed by atoms with Gasteiger partial charge in [-0.25, -0.2) is 13.1 Å². The highest BCUT2D eigenvalue weighted by molar-refractivity contribution is 7.89. The minimum Gasteiger partial charge on any atom is -0.387 e. The fourth-order valence-electron chi connectivity index (χ4n) is 1.67. The lowest BCUT2D eigenvalue weighted by molar-refractivity contribution is 0.0386. The largest absolute Gasteiger partial charge is 0.387 e. The highest BCUT2D eigenvalue weighted by atomic mass is 32.2. The van der Waals surface area contributed by atoms with Crippen LogP contribution < -0.4 is 4.72 Å². The summed E-state index contributed by atoms with van der Waals surface area (Å²) in [7, 11) is 0.0814. The second-order valence-corrected chi connectivity index (χ2v) is 6.64. The molecule has 0 saturated carbocycles. The number of nitrogens with one attached hydrogen (secondary N) is 1. The normalized spacial score (nSPS) is 15.6. The molecular weight excluding hydrogens is 252 g/mol. The van der Waals surface area contributed by atoms with Gasteiger partial charge in [0.1, 0.15) is 0 Å². The van der Waals surface area contributed by atoms with Gasteiger partial charge in [0.25, 0.3) is 0 Å². The van der Waals surface area contributed by atoms with Crippen molar-refractivity contribution in [1.82, 2.24) is 9.62 Å². The van der Waals surface area contributed by atoms with E-state index in [1.165, 1.54) is 12.1 Å². The molecule has 1 aromatic carbocycles. The van der Waals surface area contributed by atoms with Crippen LogP contribution >= 0.6 is 0 Å². The SMILES string of the molecule is CN(C)CC(C)(O)CNS(=O)(=O)c1ccccc1. The van der Waals surface area contributed by atoms with Crippen LogP contribution in [0.1, 0.15) is 6.92 Å². The van der Waals surface area contributed by atoms with E-state index in [4.69, 9.17) is 0 Å². The van der Waals surface area contributed by atoms with Gasteiger partial charge in [0.05, 0.1) is 10.5 Å². The molecule has 5 nitrogen and oxygen atoms in total. The van der Waals surface area contributed by atoms with Crippen LogP contribution in [0.15, 0.2) is 35.2 Å². The van der Waals surface area contributed by atoms with Gasteiger partial charge in [0.2, 0.25) is 10.0 Å². The molecular formula is C12H20N2O3S. The molecule has 6 heteroatoms. The number of hydrogen-bond donors (Lipinski definition) is 2. The van der Waals surface area contributed by atoms with E-state index in [2.05, 4.69) is 4.72 Å². The first kappa shape index (κ1) is 15.1. The molecule has 1 atom stereocenters. The Morgan fingerprint density at radius 2 is 1.83 bits per heavy atom. The summed E-state index contributed by atoms with van der Waals surface area (Å²) in [6.07, 6.45) is 0. The molecule has 0 aliphatic carbocycles. The van der Waals surface area contributed by atoms with Crippen LogP contribution in [0.2, 0.25) is 0 Å². The van der Waals surface area contributed by atoms with Crippen LogP contribution in [0.4, 0.5) is 0 Å². The number of likely N-dealkylation sites (N-methyl/N-ethyl adjacent to an activating group) is 1. The maximum atomic E-state index is 11.9. The Balaban J connectivity index is 2.69. The van der Waals surface area contributed by atoms with Gasteiger partial charge in [-0.15, -0.1) is 0 Å². The Labute approximate surface area is 108 Å². The Kier molecular flexibility index (Phi) is 4.86. The average molecular weight is 272 g/mol. The topological polar surface area (TPSA) is 69.6 Å². The van der Waals surface area contributed by atoms with Crippen molar-refractivity contribution in [3.05, 3.63) is 30.3 Å². The minimum atomic E-state index is -3.56. The molecule has 2 N–H and O–H groups in total. The number of benzene rings is 1. The predicted molar refractivity (Wildman–Crippen MR) is 70.8 cm³/mol. The van der Waals surface area contributed by atoms with Crippen molar-refractivity contribution in [1.29, 1.82) is 0 Å². The summed E-state index contributed by atoms with van der Waals surface area (Å²) in [6.45, 7) is 1.95. The summed E-state index contributed by atoms with van der Waals surface area (Å²) in [6, 6.07) is 8.10. The van der Waals surface area contributed by atoms with E-state index >= 15 is 0 Å². The molecule has 0 bridgehead atoms. The lowest BCUT2D eigenvalue weighted by Crippen LogP contribution is -2.47. The lowest BCUT2D eigenvalue weighted by atomic mass is 10.1. The molecule has 1 rings (SSSR count). The molecule has 0 amide bonds. The highest BCUT2D eigenvalue weighted by Crippen LogP contribution is 2.09. The first-order valence-electron chi connectivity index (χ1n) is 5.65. The molecule has 18 heavy (non-hydrogen) atoms. The van der Waals surface area contributed by atoms with Gasteiger partial charge >= 0.3 is 0 Å². The van der Waals surface area contributed by atoms with Gasteiger partial charge in [0, 0.05) is 13.1 Å². The Morgan fingerprint density at radius 1 is 1.28 bits per heavy atom. The smallest absolute Gasteiger partial charge is 0.240 e. The van der Waals surface area contributed by atoms with E-state index in [-0.39, 0.29) is 11.4 Å². The minimum absolute atomic E-state index is 0.0254. The van der Waals surface area contributed by atoms with Crippen LogP contribution in [-0.2, 0) is 10.0 Å². The third-order valence-electron chi connectivity index (χ3n) is 2.35. The molecule has 0 aliphatic rings. The van der Waals surface area contributed by atoms with Crippen molar-refractivity contribution in [2.75, 3.05) is 27.2 Å². The first-order valence-corrected chi connectivity index (χ1v) is 7.13. The van der Waals surface area contributed by atoms with Crippen LogP contribution in [0.25, 0.3) is 0 Å². The van der Waals surface area contributed by atoms with Crippen molar-refractivity contribution in [2.45, 2.75) is 17.4 Å². The average Bonchev–Trinajstić information content (AvgIpc) is 2.26. The molecule has 0 saturated heterocycles. The molecule has 0 radical (unpaired) electrons. The predicted octanol–water partition coefficient (Wildman–Crippen LogP) is 0.278. The maximum absolute atomic E-state index is 11.9. The van der Waals surface area contributed by atoms with Crippen molar-refractivity contribution in [3.8, 4) is 0 Å². The third-order valence-corrected chi connectivity index (χ3v) is 3.77. The van der Waals surface area contributed by atoms with E-state index in [1.54, 1.807) is 30.0 Å². The van der Waals surface area contributed by atoms with Gasteiger partial charge in [-0.3, -0.25) is 0 Å². The van der Waals surface area contributed by atoms with Crippen molar-refractivity contribution in [3.63, 3.8) is 0 Å². The van der Waals surface area contributed by atoms with E-state index in [9.17, 15) is 13.5 Å². The van der Waals surface area contributed by atoms with Crippen LogP contribution in [-0.4, -0.2) is 51.2 Å². The van der Waals surface area contributed by atoms with Crippen LogP contribution in [0.3, 0.4) is 0 Å². The third kappa shape index (κ3) is 4.73. The monoisotopic (exact) mass is 272 g/mol. The standard InChI is InChI=1S/C12H20N2O3S/c1-12(15,10-14(2)3)9-13-18(16,17)11-7-5-4-6-8-11/h4-8,13,15H,9-10H2,1-3H3. The second-order valence-electron chi connectivity index (χ2n) is 4.87. The molecule has 102 valence electrons. The number of hydrogen-bond acceptors (Lipinski definition) is 4. The highest BCUT2D eigenvalue weighted by Gasteiger charge is 2.24. The summed E-state index contributed by atoms with van der Waals surface area (Å²) in [5, 5.41) is 10.0. The summed E-state index contributed by atoms with van der Waals surface area (Å²) in [5.74, 6) is 0. The van der Waals surface area contributed by atoms with Crippen molar-refractivity contribution < 1.29 is 13.5 Å². The maximum Gasteiger partial charge on any atom is 0.240 e. The van der Waals surface area contributed by atoms with Gasteiger partial charge in [-0.05, 0) is 33.2 Å². The Bertz CT molecular complexity index is 469. The zero-order valence-corrected chi connectivity index (χ0v) is 11.7. The Hall–Kier alpha value is -0.950. The van der Waals surface area contributed by atoms with E-state index < -0.39 is 15.6 Å². The molecule has 0 fully saturated rings. The van der Waals surface area contributed by atoms with E-state index in [0.717, 1.165) is 0 Å². The van der Waals surface area contributed by atoms with Crippen LogP contribution in [0, 0.1) is 0 Å². The number of nitrogens with zero attached hydrogens (tertiary/aromatic N) is 1. The molecule has 1 unspecified atom stereocenters. The van der Waals surface area contributed by atoms with E-state index in [0.29, 0.717) is 6.54 Å². The summed E-state index contributed by atoms with van der Waals surface area (Å²) in [4.78, 5) is 2.00. The van der Waals surface area contributed by atoms with Crippen molar-refractivity contribution in [2.24, 2.45) is 0 Å². The Morgan fingerprint density at radius 3 is 2.33 bits per heavy atom. The lowest BCUT2D eigenvalue weighted by Gasteiger charge is -2.27. The van der Waals surface area contributed by atoms with Gasteiger partial charge in [0.15, 0.2) is 0 Å². The van der Waals surface area contributed by atoms with Gasteiger partial charge in [-0.2, -0.15) is 0 Å². The number of sulfonamides is 1. The van der Waals surface area contributed by atoms with Gasteiger partial charge < -0.3 is 10.0 Å². The number of aliphatic hydroxyl groups is 1. The molecule has 0 aliphatic heterocycles. The van der Waals surface area contributed by atoms with Gasteiger partial charge in [-0.1, -0.05) is 18.2 Å². The second kappa shape index (κ2) is 5.79. The van der Waals surface area contributed by atoms with Crippen molar-refractivity contribution >= 4 is 10.0 Å². The number of rotatable bonds is 6. The summed E-state index contributed by atoms with van der Waals surface area (Å²) >= 11 is 0. The first-order chi connectivity index (χ1) is 8.23. The summed E-state index contributed by atoms with van der Waals surface area (Å²) < 4.78 is 26.3. The molecule has 0 aromatic heterocycles. The van der Waals surface area contributed by atoms with Crippen LogP contribution in [0.5, 0.6) is 0 Å². The van der Waals surface area contributed by atoms with E-state index in [1.807, 2.05) is 14.1 Å². The molecule has 1 aromatic rings. The fraction of sp³-hybridized carbons (Fsp3) is 0.500. The summed E-state index contributed by atoms with van der Waals surface area (Å²) in [5.41, 5.74) is -1.11.